The molecule has 1 aliphatic heterocycles. The number of nitrogens with one attached hydrogen (secondary N) is 1. The number of aliphatic hydroxyl groups is 1. The Bertz CT molecular complexity index is 681. The molecule has 0 fully saturated rings. The van der Waals surface area contributed by atoms with E-state index in [-0.39, 0.29) is 11.6 Å². The number of aromatic nitrogens is 3. The van der Waals surface area contributed by atoms with Gasteiger partial charge in [-0.2, -0.15) is 10.1 Å². The highest BCUT2D eigenvalue weighted by molar-refractivity contribution is 5.81. The fraction of sp³-hybridized carbons (Fsp3) is 0.357. The topological polar surface area (TPSA) is 80.0 Å². The van der Waals surface area contributed by atoms with E-state index in [0.29, 0.717) is 11.5 Å². The number of hydrogen-bond donors (Lipinski definition) is 2. The maximum absolute atomic E-state index is 13.1. The summed E-state index contributed by atoms with van der Waals surface area (Å²) in [5, 5.41) is 17.5. The number of rotatable bonds is 2. The van der Waals surface area contributed by atoms with Crippen molar-refractivity contribution in [3.63, 3.8) is 0 Å². The molecule has 2 N–H and O–H groups in total. The Labute approximate surface area is 120 Å². The van der Waals surface area contributed by atoms with Gasteiger partial charge in [0.25, 0.3) is 0 Å². The third-order valence-corrected chi connectivity index (χ3v) is 3.77. The van der Waals surface area contributed by atoms with Gasteiger partial charge < -0.3 is 10.4 Å². The van der Waals surface area contributed by atoms with Crippen molar-refractivity contribution in [2.45, 2.75) is 25.6 Å². The normalized spacial score (nSPS) is 27.8. The maximum atomic E-state index is 13.1. The number of ketones is 1. The van der Waals surface area contributed by atoms with Gasteiger partial charge in [0.05, 0.1) is 12.0 Å². The molecule has 21 heavy (non-hydrogen) atoms. The molecule has 1 aliphatic rings. The standard InChI is InChI=1S/C14H15FN4O2/c1-8(20)11-12(9-3-5-10(15)6-4-9)19-13(16-7-17-19)18-14(11,2)21/h3-7,11-12,21H,1-2H3,(H,16,17,18)/t11-,12+,14+/m1/s1. The van der Waals surface area contributed by atoms with E-state index in [1.807, 2.05) is 0 Å². The molecule has 2 heterocycles. The molecular formula is C14H15FN4O2. The Balaban J connectivity index is 2.18. The Morgan fingerprint density at radius 1 is 1.43 bits per heavy atom. The SMILES string of the molecule is CC(=O)[C@@H]1[C@H](c2ccc(F)cc2)n2ncnc2N[C@@]1(C)O. The second-order valence-electron chi connectivity index (χ2n) is 5.39. The van der Waals surface area contributed by atoms with Gasteiger partial charge >= 0.3 is 0 Å². The lowest BCUT2D eigenvalue weighted by Gasteiger charge is -2.42. The van der Waals surface area contributed by atoms with Crippen LogP contribution >= 0.6 is 0 Å². The number of carbonyl (C=O) groups excluding carboxylic acids is 1. The summed E-state index contributed by atoms with van der Waals surface area (Å²) in [6.07, 6.45) is 1.34. The van der Waals surface area contributed by atoms with Gasteiger partial charge in [-0.15, -0.1) is 0 Å². The molecule has 0 saturated heterocycles. The van der Waals surface area contributed by atoms with Crippen molar-refractivity contribution in [3.05, 3.63) is 42.0 Å². The van der Waals surface area contributed by atoms with Crippen molar-refractivity contribution >= 4 is 11.7 Å². The van der Waals surface area contributed by atoms with Crippen molar-refractivity contribution < 1.29 is 14.3 Å². The minimum Gasteiger partial charge on any atom is -0.370 e. The molecule has 0 amide bonds. The van der Waals surface area contributed by atoms with Gasteiger partial charge in [0.15, 0.2) is 0 Å². The number of nitrogens with zero attached hydrogens (tertiary/aromatic N) is 3. The van der Waals surface area contributed by atoms with Gasteiger partial charge in [-0.1, -0.05) is 12.1 Å². The summed E-state index contributed by atoms with van der Waals surface area (Å²) in [5.41, 5.74) is -0.779. The molecule has 6 nitrogen and oxygen atoms in total. The zero-order valence-electron chi connectivity index (χ0n) is 11.6. The molecule has 3 atom stereocenters. The van der Waals surface area contributed by atoms with Crippen molar-refractivity contribution in [2.75, 3.05) is 5.32 Å². The fourth-order valence-electron chi connectivity index (χ4n) is 2.91. The van der Waals surface area contributed by atoms with Crippen LogP contribution in [-0.4, -0.2) is 31.4 Å². The number of hydrogen-bond acceptors (Lipinski definition) is 5. The van der Waals surface area contributed by atoms with Crippen LogP contribution in [0.5, 0.6) is 0 Å². The van der Waals surface area contributed by atoms with Crippen LogP contribution in [0.4, 0.5) is 10.3 Å². The van der Waals surface area contributed by atoms with Gasteiger partial charge in [-0.25, -0.2) is 9.07 Å². The molecule has 110 valence electrons. The second kappa shape index (κ2) is 4.63. The zero-order valence-corrected chi connectivity index (χ0v) is 11.6. The van der Waals surface area contributed by atoms with Crippen LogP contribution in [0.15, 0.2) is 30.6 Å². The monoisotopic (exact) mass is 290 g/mol. The highest BCUT2D eigenvalue weighted by atomic mass is 19.1. The average molecular weight is 290 g/mol. The lowest BCUT2D eigenvalue weighted by atomic mass is 9.81. The van der Waals surface area contributed by atoms with E-state index in [4.69, 9.17) is 0 Å². The summed E-state index contributed by atoms with van der Waals surface area (Å²) in [7, 11) is 0. The molecule has 0 bridgehead atoms. The lowest BCUT2D eigenvalue weighted by molar-refractivity contribution is -0.130. The lowest BCUT2D eigenvalue weighted by Crippen LogP contribution is -2.54. The quantitative estimate of drug-likeness (QED) is 0.872. The van der Waals surface area contributed by atoms with E-state index in [9.17, 15) is 14.3 Å². The molecule has 7 heteroatoms. The van der Waals surface area contributed by atoms with Gasteiger partial charge in [-0.05, 0) is 31.5 Å². The predicted molar refractivity (Wildman–Crippen MR) is 73.0 cm³/mol. The Morgan fingerprint density at radius 3 is 2.71 bits per heavy atom. The molecule has 0 unspecified atom stereocenters. The highest BCUT2D eigenvalue weighted by Crippen LogP contribution is 2.40. The van der Waals surface area contributed by atoms with Crippen LogP contribution in [-0.2, 0) is 4.79 Å². The van der Waals surface area contributed by atoms with E-state index in [2.05, 4.69) is 15.4 Å². The van der Waals surface area contributed by atoms with Crippen molar-refractivity contribution in [1.82, 2.24) is 14.8 Å². The van der Waals surface area contributed by atoms with Crippen LogP contribution in [0, 0.1) is 11.7 Å². The maximum Gasteiger partial charge on any atom is 0.223 e. The summed E-state index contributed by atoms with van der Waals surface area (Å²) in [6, 6.07) is 5.27. The molecular weight excluding hydrogens is 275 g/mol. The molecule has 3 rings (SSSR count). The molecule has 1 aromatic carbocycles. The van der Waals surface area contributed by atoms with E-state index in [1.54, 1.807) is 12.1 Å². The number of carbonyl (C=O) groups is 1. The van der Waals surface area contributed by atoms with Crippen molar-refractivity contribution in [1.29, 1.82) is 0 Å². The minimum atomic E-state index is -1.46. The Hall–Kier alpha value is -2.28. The van der Waals surface area contributed by atoms with Crippen molar-refractivity contribution in [2.24, 2.45) is 5.92 Å². The Kier molecular flexibility index (Phi) is 3.02. The van der Waals surface area contributed by atoms with E-state index in [1.165, 1.54) is 37.0 Å². The largest absolute Gasteiger partial charge is 0.370 e. The first-order chi connectivity index (χ1) is 9.90. The first-order valence-electron chi connectivity index (χ1n) is 6.56. The molecule has 2 aromatic rings. The smallest absolute Gasteiger partial charge is 0.223 e. The third-order valence-electron chi connectivity index (χ3n) is 3.77. The Morgan fingerprint density at radius 2 is 2.10 bits per heavy atom. The second-order valence-corrected chi connectivity index (χ2v) is 5.39. The fourth-order valence-corrected chi connectivity index (χ4v) is 2.91. The first kappa shape index (κ1) is 13.7. The van der Waals surface area contributed by atoms with Crippen LogP contribution in [0.2, 0.25) is 0 Å². The number of anilines is 1. The summed E-state index contributed by atoms with van der Waals surface area (Å²) >= 11 is 0. The number of benzene rings is 1. The molecule has 0 spiro atoms. The molecule has 1 aromatic heterocycles. The van der Waals surface area contributed by atoms with Gasteiger partial charge in [0, 0.05) is 0 Å². The van der Waals surface area contributed by atoms with Crippen LogP contribution < -0.4 is 5.32 Å². The third kappa shape index (κ3) is 2.19. The molecule has 0 saturated carbocycles. The van der Waals surface area contributed by atoms with E-state index >= 15 is 0 Å². The van der Waals surface area contributed by atoms with Crippen LogP contribution in [0.25, 0.3) is 0 Å². The number of halogens is 1. The van der Waals surface area contributed by atoms with E-state index < -0.39 is 17.7 Å². The van der Waals surface area contributed by atoms with Gasteiger partial charge in [-0.3, -0.25) is 4.79 Å². The molecule has 0 radical (unpaired) electrons. The number of Topliss-reactive ketones (excluding diaryl/α,β-unsaturated/α-hetero) is 1. The summed E-state index contributed by atoms with van der Waals surface area (Å²) in [6.45, 7) is 2.94. The predicted octanol–water partition coefficient (Wildman–Crippen LogP) is 1.35. The van der Waals surface area contributed by atoms with Crippen LogP contribution in [0.1, 0.15) is 25.5 Å². The van der Waals surface area contributed by atoms with Crippen LogP contribution in [0.3, 0.4) is 0 Å². The number of fused-ring (bicyclic) bond motifs is 1. The average Bonchev–Trinajstić information content (AvgIpc) is 2.84. The summed E-state index contributed by atoms with van der Waals surface area (Å²) < 4.78 is 14.7. The van der Waals surface area contributed by atoms with Crippen molar-refractivity contribution in [3.8, 4) is 0 Å². The van der Waals surface area contributed by atoms with Gasteiger partial charge in [0.1, 0.15) is 23.7 Å². The molecule has 0 aliphatic carbocycles. The summed E-state index contributed by atoms with van der Waals surface area (Å²) in [5.74, 6) is -0.954. The van der Waals surface area contributed by atoms with Gasteiger partial charge in [0.2, 0.25) is 5.95 Å². The van der Waals surface area contributed by atoms with E-state index in [0.717, 1.165) is 0 Å². The first-order valence-corrected chi connectivity index (χ1v) is 6.56. The summed E-state index contributed by atoms with van der Waals surface area (Å²) in [4.78, 5) is 16.1. The highest BCUT2D eigenvalue weighted by Gasteiger charge is 2.48. The zero-order chi connectivity index (χ0) is 15.2. The minimum absolute atomic E-state index is 0.192.